The minimum absolute atomic E-state index is 0. The van der Waals surface area contributed by atoms with Crippen LogP contribution in [0.4, 0.5) is 5.82 Å². The Morgan fingerprint density at radius 1 is 1.25 bits per heavy atom. The van der Waals surface area contributed by atoms with Gasteiger partial charge in [0.2, 0.25) is 0 Å². The first-order valence-corrected chi connectivity index (χ1v) is 9.52. The molecule has 2 aliphatic rings. The van der Waals surface area contributed by atoms with Crippen LogP contribution in [0.25, 0.3) is 0 Å². The molecule has 6 nitrogen and oxygen atoms in total. The van der Waals surface area contributed by atoms with Gasteiger partial charge in [0, 0.05) is 50.0 Å². The van der Waals surface area contributed by atoms with Gasteiger partial charge in [-0.15, -0.1) is 24.8 Å². The largest absolute Gasteiger partial charge is 0.356 e. The highest BCUT2D eigenvalue weighted by Gasteiger charge is 2.49. The molecule has 0 aliphatic carbocycles. The second kappa shape index (κ2) is 8.99. The summed E-state index contributed by atoms with van der Waals surface area (Å²) >= 11 is 0. The topological polar surface area (TPSA) is 49.2 Å². The summed E-state index contributed by atoms with van der Waals surface area (Å²) in [6.45, 7) is 10.5. The molecular weight excluding hydrogens is 395 g/mol. The van der Waals surface area contributed by atoms with Crippen molar-refractivity contribution in [3.8, 4) is 0 Å². The first-order valence-electron chi connectivity index (χ1n) is 9.52. The van der Waals surface area contributed by atoms with Crippen LogP contribution < -0.4 is 10.2 Å². The molecule has 2 aromatic rings. The number of hydrogen-bond donors (Lipinski definition) is 1. The van der Waals surface area contributed by atoms with Gasteiger partial charge in [0.15, 0.2) is 0 Å². The molecular formula is C20H32Cl2N6. The lowest BCUT2D eigenvalue weighted by molar-refractivity contribution is 0.205. The van der Waals surface area contributed by atoms with E-state index in [4.69, 9.17) is 4.98 Å². The Hall–Kier alpha value is -1.34. The minimum Gasteiger partial charge on any atom is -0.356 e. The number of rotatable bonds is 5. The van der Waals surface area contributed by atoms with E-state index in [2.05, 4.69) is 59.4 Å². The van der Waals surface area contributed by atoms with Crippen LogP contribution in [0.2, 0.25) is 0 Å². The average molecular weight is 427 g/mol. The number of aromatic nitrogens is 3. The lowest BCUT2D eigenvalue weighted by Gasteiger charge is -2.31. The van der Waals surface area contributed by atoms with Crippen LogP contribution in [-0.2, 0) is 6.54 Å². The van der Waals surface area contributed by atoms with Crippen LogP contribution >= 0.6 is 24.8 Å². The van der Waals surface area contributed by atoms with Gasteiger partial charge >= 0.3 is 0 Å². The molecule has 2 saturated heterocycles. The highest BCUT2D eigenvalue weighted by Crippen LogP contribution is 2.40. The van der Waals surface area contributed by atoms with E-state index in [1.54, 1.807) is 0 Å². The summed E-state index contributed by atoms with van der Waals surface area (Å²) in [5, 5.41) is 8.15. The summed E-state index contributed by atoms with van der Waals surface area (Å²) in [7, 11) is 4.36. The third-order valence-corrected chi connectivity index (χ3v) is 5.88. The molecule has 0 spiro atoms. The maximum absolute atomic E-state index is 4.78. The SMILES string of the molecule is Cc1cc(C)n(Cc2ccc(N3CC4CNCC4(CN(C)C)C3)nc2)n1.Cl.Cl. The Morgan fingerprint density at radius 3 is 2.64 bits per heavy atom. The number of fused-ring (bicyclic) bond motifs is 1. The van der Waals surface area contributed by atoms with Crippen molar-refractivity contribution >= 4 is 30.6 Å². The van der Waals surface area contributed by atoms with Crippen molar-refractivity contribution in [2.75, 3.05) is 51.7 Å². The molecule has 2 aliphatic heterocycles. The van der Waals surface area contributed by atoms with Crippen molar-refractivity contribution in [2.45, 2.75) is 20.4 Å². The van der Waals surface area contributed by atoms with Gasteiger partial charge in [-0.3, -0.25) is 4.68 Å². The van der Waals surface area contributed by atoms with Crippen molar-refractivity contribution in [1.82, 2.24) is 25.0 Å². The third kappa shape index (κ3) is 4.46. The lowest BCUT2D eigenvalue weighted by Crippen LogP contribution is -2.41. The zero-order valence-corrected chi connectivity index (χ0v) is 18.8. The third-order valence-electron chi connectivity index (χ3n) is 5.88. The van der Waals surface area contributed by atoms with Crippen molar-refractivity contribution < 1.29 is 0 Å². The van der Waals surface area contributed by atoms with E-state index in [-0.39, 0.29) is 24.8 Å². The number of anilines is 1. The van der Waals surface area contributed by atoms with Gasteiger partial charge in [0.1, 0.15) is 5.82 Å². The van der Waals surface area contributed by atoms with Crippen LogP contribution in [0.3, 0.4) is 0 Å². The molecule has 0 aromatic carbocycles. The summed E-state index contributed by atoms with van der Waals surface area (Å²) in [4.78, 5) is 9.58. The molecule has 156 valence electrons. The summed E-state index contributed by atoms with van der Waals surface area (Å²) in [5.74, 6) is 1.82. The van der Waals surface area contributed by atoms with Gasteiger partial charge in [-0.25, -0.2) is 4.98 Å². The Labute approximate surface area is 180 Å². The number of pyridine rings is 1. The van der Waals surface area contributed by atoms with E-state index in [0.717, 1.165) is 50.8 Å². The molecule has 2 atom stereocenters. The number of halogens is 2. The van der Waals surface area contributed by atoms with E-state index in [1.165, 1.54) is 11.3 Å². The van der Waals surface area contributed by atoms with Crippen molar-refractivity contribution in [3.63, 3.8) is 0 Å². The van der Waals surface area contributed by atoms with Crippen molar-refractivity contribution in [2.24, 2.45) is 11.3 Å². The van der Waals surface area contributed by atoms with Gasteiger partial charge in [0.25, 0.3) is 0 Å². The molecule has 0 bridgehead atoms. The monoisotopic (exact) mass is 426 g/mol. The number of aryl methyl sites for hydroxylation is 2. The molecule has 0 amide bonds. The Kier molecular flexibility index (Phi) is 7.37. The molecule has 0 radical (unpaired) electrons. The Morgan fingerprint density at radius 2 is 2.04 bits per heavy atom. The Balaban J connectivity index is 0.00000140. The second-order valence-corrected chi connectivity index (χ2v) is 8.42. The predicted molar refractivity (Wildman–Crippen MR) is 119 cm³/mol. The average Bonchev–Trinajstić information content (AvgIpc) is 3.20. The Bertz CT molecular complexity index is 776. The summed E-state index contributed by atoms with van der Waals surface area (Å²) in [5.41, 5.74) is 3.81. The fraction of sp³-hybridized carbons (Fsp3) is 0.600. The second-order valence-electron chi connectivity index (χ2n) is 8.42. The molecule has 28 heavy (non-hydrogen) atoms. The van der Waals surface area contributed by atoms with Gasteiger partial charge in [0.05, 0.1) is 12.2 Å². The van der Waals surface area contributed by atoms with Gasteiger partial charge < -0.3 is 15.1 Å². The zero-order valence-electron chi connectivity index (χ0n) is 17.2. The van der Waals surface area contributed by atoms with E-state index < -0.39 is 0 Å². The van der Waals surface area contributed by atoms with Crippen LogP contribution in [0.5, 0.6) is 0 Å². The van der Waals surface area contributed by atoms with Crippen LogP contribution in [0, 0.1) is 25.2 Å². The predicted octanol–water partition coefficient (Wildman–Crippen LogP) is 2.37. The quantitative estimate of drug-likeness (QED) is 0.794. The molecule has 4 rings (SSSR count). The molecule has 2 fully saturated rings. The maximum atomic E-state index is 4.78. The summed E-state index contributed by atoms with van der Waals surface area (Å²) in [6, 6.07) is 6.49. The van der Waals surface area contributed by atoms with Gasteiger partial charge in [-0.2, -0.15) is 5.10 Å². The van der Waals surface area contributed by atoms with Crippen LogP contribution in [0.1, 0.15) is 17.0 Å². The molecule has 1 N–H and O–H groups in total. The van der Waals surface area contributed by atoms with Crippen LogP contribution in [-0.4, -0.2) is 66.5 Å². The van der Waals surface area contributed by atoms with E-state index in [1.807, 2.05) is 17.8 Å². The number of nitrogens with one attached hydrogen (secondary N) is 1. The van der Waals surface area contributed by atoms with Gasteiger partial charge in [-0.05, 0) is 51.6 Å². The van der Waals surface area contributed by atoms with E-state index in [9.17, 15) is 0 Å². The van der Waals surface area contributed by atoms with Gasteiger partial charge in [-0.1, -0.05) is 6.07 Å². The lowest BCUT2D eigenvalue weighted by atomic mass is 9.80. The first-order chi connectivity index (χ1) is 12.4. The fourth-order valence-electron chi connectivity index (χ4n) is 4.75. The fourth-order valence-corrected chi connectivity index (χ4v) is 4.75. The summed E-state index contributed by atoms with van der Waals surface area (Å²) in [6.07, 6.45) is 2.01. The standard InChI is InChI=1S/C20H30N6.2ClH/c1-15-7-16(2)26(23-15)10-17-5-6-19(22-8-17)25-11-18-9-21-12-20(18,14-25)13-24(3)4;;/h5-8,18,21H,9-14H2,1-4H3;2*1H. The molecule has 2 aromatic heterocycles. The molecule has 2 unspecified atom stereocenters. The smallest absolute Gasteiger partial charge is 0.128 e. The minimum atomic E-state index is 0. The zero-order chi connectivity index (χ0) is 18.3. The number of hydrogen-bond acceptors (Lipinski definition) is 5. The molecule has 4 heterocycles. The highest BCUT2D eigenvalue weighted by molar-refractivity contribution is 5.85. The van der Waals surface area contributed by atoms with E-state index >= 15 is 0 Å². The highest BCUT2D eigenvalue weighted by atomic mass is 35.5. The normalized spacial score (nSPS) is 23.5. The number of nitrogens with zero attached hydrogens (tertiary/aromatic N) is 5. The van der Waals surface area contributed by atoms with E-state index in [0.29, 0.717) is 11.3 Å². The summed E-state index contributed by atoms with van der Waals surface area (Å²) < 4.78 is 2.05. The van der Waals surface area contributed by atoms with Crippen LogP contribution in [0.15, 0.2) is 24.4 Å². The molecule has 8 heteroatoms. The maximum Gasteiger partial charge on any atom is 0.128 e. The molecule has 0 saturated carbocycles. The van der Waals surface area contributed by atoms with Crippen molar-refractivity contribution in [1.29, 1.82) is 0 Å². The first kappa shape index (κ1) is 22.9. The van der Waals surface area contributed by atoms with Crippen molar-refractivity contribution in [3.05, 3.63) is 41.3 Å².